The van der Waals surface area contributed by atoms with Crippen molar-refractivity contribution in [2.75, 3.05) is 11.9 Å². The summed E-state index contributed by atoms with van der Waals surface area (Å²) in [5, 5.41) is 7.87. The van der Waals surface area contributed by atoms with Crippen LogP contribution in [0.2, 0.25) is 0 Å². The normalized spacial score (nSPS) is 21.8. The molecule has 1 unspecified atom stereocenters. The number of rotatable bonds is 0. The van der Waals surface area contributed by atoms with Crippen LogP contribution in [0.25, 0.3) is 0 Å². The summed E-state index contributed by atoms with van der Waals surface area (Å²) in [4.78, 5) is 0. The molecular weight excluding hydrogens is 150 g/mol. The number of aromatic nitrogens is 2. The van der Waals surface area contributed by atoms with Crippen LogP contribution in [0, 0.1) is 13.8 Å². The van der Waals surface area contributed by atoms with E-state index in [2.05, 4.69) is 35.9 Å². The topological polar surface area (TPSA) is 29.9 Å². The van der Waals surface area contributed by atoms with E-state index in [4.69, 9.17) is 0 Å². The molecule has 0 aliphatic carbocycles. The van der Waals surface area contributed by atoms with Gasteiger partial charge in [0.2, 0.25) is 0 Å². The minimum absolute atomic E-state index is 0.550. The quantitative estimate of drug-likeness (QED) is 0.636. The zero-order chi connectivity index (χ0) is 8.72. The van der Waals surface area contributed by atoms with Gasteiger partial charge in [-0.1, -0.05) is 0 Å². The SMILES string of the molecule is Cc1nn2c(c1C)NCCC2C. The lowest BCUT2D eigenvalue weighted by Crippen LogP contribution is -2.21. The molecule has 66 valence electrons. The lowest BCUT2D eigenvalue weighted by Gasteiger charge is -2.22. The van der Waals surface area contributed by atoms with Crippen molar-refractivity contribution in [1.82, 2.24) is 9.78 Å². The van der Waals surface area contributed by atoms with Crippen LogP contribution in [0.15, 0.2) is 0 Å². The molecule has 0 saturated heterocycles. The number of hydrogen-bond donors (Lipinski definition) is 1. The molecule has 1 aliphatic heterocycles. The molecule has 3 heteroatoms. The van der Waals surface area contributed by atoms with Crippen molar-refractivity contribution in [1.29, 1.82) is 0 Å². The van der Waals surface area contributed by atoms with Crippen molar-refractivity contribution >= 4 is 5.82 Å². The van der Waals surface area contributed by atoms with Crippen LogP contribution >= 0.6 is 0 Å². The number of hydrogen-bond acceptors (Lipinski definition) is 2. The van der Waals surface area contributed by atoms with Gasteiger partial charge in [-0.25, -0.2) is 4.68 Å². The van der Waals surface area contributed by atoms with Crippen molar-refractivity contribution in [2.45, 2.75) is 33.2 Å². The number of fused-ring (bicyclic) bond motifs is 1. The molecule has 12 heavy (non-hydrogen) atoms. The van der Waals surface area contributed by atoms with Crippen molar-refractivity contribution in [3.63, 3.8) is 0 Å². The molecule has 1 aromatic heterocycles. The summed E-state index contributed by atoms with van der Waals surface area (Å²) in [5.41, 5.74) is 2.44. The third-order valence-corrected chi connectivity index (χ3v) is 2.66. The molecule has 1 aromatic rings. The van der Waals surface area contributed by atoms with E-state index in [1.165, 1.54) is 17.8 Å². The monoisotopic (exact) mass is 165 g/mol. The van der Waals surface area contributed by atoms with E-state index in [0.29, 0.717) is 6.04 Å². The number of anilines is 1. The Labute approximate surface area is 72.8 Å². The zero-order valence-corrected chi connectivity index (χ0v) is 7.89. The largest absolute Gasteiger partial charge is 0.370 e. The number of nitrogens with one attached hydrogen (secondary N) is 1. The molecule has 0 spiro atoms. The Hall–Kier alpha value is -0.990. The third kappa shape index (κ3) is 0.924. The van der Waals surface area contributed by atoms with Gasteiger partial charge in [-0.05, 0) is 27.2 Å². The Morgan fingerprint density at radius 3 is 2.92 bits per heavy atom. The van der Waals surface area contributed by atoms with Gasteiger partial charge < -0.3 is 5.32 Å². The average Bonchev–Trinajstić information content (AvgIpc) is 2.32. The standard InChI is InChI=1S/C9H15N3/c1-6-4-5-10-9-7(2)8(3)11-12(6)9/h6,10H,4-5H2,1-3H3. The van der Waals surface area contributed by atoms with Gasteiger partial charge in [-0.3, -0.25) is 0 Å². The van der Waals surface area contributed by atoms with Crippen LogP contribution in [0.4, 0.5) is 5.82 Å². The van der Waals surface area contributed by atoms with Crippen LogP contribution < -0.4 is 5.32 Å². The van der Waals surface area contributed by atoms with E-state index in [0.717, 1.165) is 12.2 Å². The van der Waals surface area contributed by atoms with E-state index in [9.17, 15) is 0 Å². The second-order valence-electron chi connectivity index (χ2n) is 3.57. The average molecular weight is 165 g/mol. The predicted octanol–water partition coefficient (Wildman–Crippen LogP) is 1.88. The van der Waals surface area contributed by atoms with E-state index >= 15 is 0 Å². The van der Waals surface area contributed by atoms with E-state index in [1.807, 2.05) is 0 Å². The second-order valence-corrected chi connectivity index (χ2v) is 3.57. The van der Waals surface area contributed by atoms with E-state index in [1.54, 1.807) is 0 Å². The van der Waals surface area contributed by atoms with E-state index < -0.39 is 0 Å². The molecule has 0 saturated carbocycles. The number of aryl methyl sites for hydroxylation is 1. The molecule has 1 N–H and O–H groups in total. The first-order chi connectivity index (χ1) is 5.70. The van der Waals surface area contributed by atoms with Crippen molar-refractivity contribution in [3.05, 3.63) is 11.3 Å². The van der Waals surface area contributed by atoms with Crippen molar-refractivity contribution in [3.8, 4) is 0 Å². The van der Waals surface area contributed by atoms with Crippen molar-refractivity contribution in [2.24, 2.45) is 0 Å². The molecule has 1 atom stereocenters. The van der Waals surface area contributed by atoms with Crippen LogP contribution in [-0.4, -0.2) is 16.3 Å². The van der Waals surface area contributed by atoms with Crippen LogP contribution in [0.5, 0.6) is 0 Å². The van der Waals surface area contributed by atoms with Crippen LogP contribution in [0.3, 0.4) is 0 Å². The van der Waals surface area contributed by atoms with Gasteiger partial charge in [0.25, 0.3) is 0 Å². The Morgan fingerprint density at radius 2 is 2.25 bits per heavy atom. The molecule has 0 aromatic carbocycles. The summed E-state index contributed by atoms with van der Waals surface area (Å²) in [6.45, 7) is 7.48. The highest BCUT2D eigenvalue weighted by Crippen LogP contribution is 2.27. The zero-order valence-electron chi connectivity index (χ0n) is 7.89. The summed E-state index contributed by atoms with van der Waals surface area (Å²) in [5.74, 6) is 1.21. The van der Waals surface area contributed by atoms with Gasteiger partial charge in [-0.15, -0.1) is 0 Å². The fourth-order valence-electron chi connectivity index (χ4n) is 1.68. The fourth-order valence-corrected chi connectivity index (χ4v) is 1.68. The molecule has 3 nitrogen and oxygen atoms in total. The highest BCUT2D eigenvalue weighted by molar-refractivity contribution is 5.47. The molecule has 0 bridgehead atoms. The Morgan fingerprint density at radius 1 is 1.50 bits per heavy atom. The minimum Gasteiger partial charge on any atom is -0.370 e. The summed E-state index contributed by atoms with van der Waals surface area (Å²) < 4.78 is 2.11. The summed E-state index contributed by atoms with van der Waals surface area (Å²) in [7, 11) is 0. The number of nitrogens with zero attached hydrogens (tertiary/aromatic N) is 2. The summed E-state index contributed by atoms with van der Waals surface area (Å²) in [6, 6.07) is 0.550. The molecule has 0 radical (unpaired) electrons. The molecule has 2 heterocycles. The van der Waals surface area contributed by atoms with Gasteiger partial charge in [0.15, 0.2) is 0 Å². The lowest BCUT2D eigenvalue weighted by molar-refractivity contribution is 0.451. The first-order valence-electron chi connectivity index (χ1n) is 4.49. The van der Waals surface area contributed by atoms with Crippen molar-refractivity contribution < 1.29 is 0 Å². The maximum atomic E-state index is 4.49. The molecule has 2 rings (SSSR count). The fraction of sp³-hybridized carbons (Fsp3) is 0.667. The third-order valence-electron chi connectivity index (χ3n) is 2.66. The molecule has 0 amide bonds. The minimum atomic E-state index is 0.550. The van der Waals surface area contributed by atoms with Gasteiger partial charge in [-0.2, -0.15) is 5.10 Å². The van der Waals surface area contributed by atoms with Gasteiger partial charge in [0.05, 0.1) is 11.7 Å². The van der Waals surface area contributed by atoms with E-state index in [-0.39, 0.29) is 0 Å². The molecule has 1 aliphatic rings. The summed E-state index contributed by atoms with van der Waals surface area (Å²) >= 11 is 0. The Balaban J connectivity index is 2.52. The van der Waals surface area contributed by atoms with Gasteiger partial charge in [0, 0.05) is 12.1 Å². The Kier molecular flexibility index (Phi) is 1.60. The maximum absolute atomic E-state index is 4.49. The lowest BCUT2D eigenvalue weighted by atomic mass is 10.2. The second kappa shape index (κ2) is 2.51. The predicted molar refractivity (Wildman–Crippen MR) is 49.5 cm³/mol. The van der Waals surface area contributed by atoms with Crippen LogP contribution in [-0.2, 0) is 0 Å². The highest BCUT2D eigenvalue weighted by atomic mass is 15.4. The maximum Gasteiger partial charge on any atom is 0.127 e. The first-order valence-corrected chi connectivity index (χ1v) is 4.49. The van der Waals surface area contributed by atoms with Crippen LogP contribution in [0.1, 0.15) is 30.6 Å². The summed E-state index contributed by atoms with van der Waals surface area (Å²) in [6.07, 6.45) is 1.17. The van der Waals surface area contributed by atoms with Gasteiger partial charge in [0.1, 0.15) is 5.82 Å². The molecule has 0 fully saturated rings. The highest BCUT2D eigenvalue weighted by Gasteiger charge is 2.19. The molecular formula is C9H15N3. The first kappa shape index (κ1) is 7.65. The van der Waals surface area contributed by atoms with Gasteiger partial charge >= 0.3 is 0 Å². The Bertz CT molecular complexity index is 301. The smallest absolute Gasteiger partial charge is 0.127 e.